The second-order valence-corrected chi connectivity index (χ2v) is 4.26. The number of H-pyrrole nitrogens is 1. The molecule has 2 aromatic rings. The van der Waals surface area contributed by atoms with Gasteiger partial charge in [0.15, 0.2) is 0 Å². The van der Waals surface area contributed by atoms with Crippen LogP contribution in [0, 0.1) is 0 Å². The quantitative estimate of drug-likeness (QED) is 0.598. The summed E-state index contributed by atoms with van der Waals surface area (Å²) in [7, 11) is 3.30. The molecule has 0 aliphatic rings. The van der Waals surface area contributed by atoms with Crippen molar-refractivity contribution >= 4 is 5.97 Å². The Morgan fingerprint density at radius 2 is 2.32 bits per heavy atom. The summed E-state index contributed by atoms with van der Waals surface area (Å²) in [6.07, 6.45) is 2.71. The molecule has 0 saturated heterocycles. The lowest BCUT2D eigenvalue weighted by atomic mass is 10.3. The average molecular weight is 262 g/mol. The third-order valence-corrected chi connectivity index (χ3v) is 2.95. The second kappa shape index (κ2) is 6.19. The Morgan fingerprint density at radius 1 is 1.47 bits per heavy atom. The van der Waals surface area contributed by atoms with Gasteiger partial charge >= 0.3 is 5.97 Å². The van der Waals surface area contributed by atoms with Crippen molar-refractivity contribution in [1.82, 2.24) is 20.1 Å². The number of hydrogen-bond donors (Lipinski definition) is 2. The van der Waals surface area contributed by atoms with Crippen LogP contribution in [0.15, 0.2) is 24.4 Å². The highest BCUT2D eigenvalue weighted by molar-refractivity contribution is 5.87. The van der Waals surface area contributed by atoms with Gasteiger partial charge in [-0.1, -0.05) is 0 Å². The molecule has 0 aromatic carbocycles. The van der Waals surface area contributed by atoms with E-state index in [-0.39, 0.29) is 5.97 Å². The fraction of sp³-hybridized carbons (Fsp3) is 0.385. The summed E-state index contributed by atoms with van der Waals surface area (Å²) >= 11 is 0. The highest BCUT2D eigenvalue weighted by Crippen LogP contribution is 2.03. The van der Waals surface area contributed by atoms with Crippen molar-refractivity contribution in [3.05, 3.63) is 41.5 Å². The topological polar surface area (TPSA) is 71.9 Å². The summed E-state index contributed by atoms with van der Waals surface area (Å²) in [6, 6.07) is 5.61. The van der Waals surface area contributed by atoms with E-state index in [1.807, 2.05) is 23.9 Å². The van der Waals surface area contributed by atoms with E-state index in [9.17, 15) is 4.79 Å². The van der Waals surface area contributed by atoms with Gasteiger partial charge in [0.25, 0.3) is 0 Å². The Morgan fingerprint density at radius 3 is 3.00 bits per heavy atom. The Balaban J connectivity index is 1.75. The molecule has 2 N–H and O–H groups in total. The maximum absolute atomic E-state index is 11.3. The van der Waals surface area contributed by atoms with Crippen molar-refractivity contribution in [2.75, 3.05) is 13.7 Å². The molecule has 0 aliphatic carbocycles. The second-order valence-electron chi connectivity index (χ2n) is 4.26. The molecule has 0 unspecified atom stereocenters. The molecule has 0 amide bonds. The van der Waals surface area contributed by atoms with Crippen LogP contribution in [0.2, 0.25) is 0 Å². The number of carbonyl (C=O) groups is 1. The van der Waals surface area contributed by atoms with Gasteiger partial charge in [0.05, 0.1) is 7.11 Å². The third-order valence-electron chi connectivity index (χ3n) is 2.95. The molecule has 19 heavy (non-hydrogen) atoms. The van der Waals surface area contributed by atoms with Crippen LogP contribution in [-0.4, -0.2) is 34.4 Å². The van der Waals surface area contributed by atoms with Gasteiger partial charge in [0.2, 0.25) is 0 Å². The first kappa shape index (κ1) is 13.4. The van der Waals surface area contributed by atoms with Crippen LogP contribution in [0.25, 0.3) is 0 Å². The number of hydrogen-bond acceptors (Lipinski definition) is 4. The van der Waals surface area contributed by atoms with Crippen molar-refractivity contribution in [2.45, 2.75) is 13.0 Å². The van der Waals surface area contributed by atoms with Gasteiger partial charge in [-0.2, -0.15) is 5.10 Å². The Hall–Kier alpha value is -2.08. The van der Waals surface area contributed by atoms with Gasteiger partial charge in [0, 0.05) is 44.1 Å². The van der Waals surface area contributed by atoms with E-state index in [1.165, 1.54) is 12.8 Å². The van der Waals surface area contributed by atoms with E-state index < -0.39 is 0 Å². The first-order valence-corrected chi connectivity index (χ1v) is 6.14. The van der Waals surface area contributed by atoms with Gasteiger partial charge in [-0.15, -0.1) is 0 Å². The fourth-order valence-electron chi connectivity index (χ4n) is 1.86. The molecule has 0 atom stereocenters. The highest BCUT2D eigenvalue weighted by atomic mass is 16.5. The smallest absolute Gasteiger partial charge is 0.354 e. The molecular weight excluding hydrogens is 244 g/mol. The van der Waals surface area contributed by atoms with E-state index in [2.05, 4.69) is 20.1 Å². The van der Waals surface area contributed by atoms with Crippen LogP contribution in [0.1, 0.15) is 21.9 Å². The zero-order valence-corrected chi connectivity index (χ0v) is 11.1. The van der Waals surface area contributed by atoms with Gasteiger partial charge in [-0.3, -0.25) is 4.68 Å². The predicted octanol–water partition coefficient (Wildman–Crippen LogP) is 0.867. The zero-order valence-electron chi connectivity index (χ0n) is 11.1. The predicted molar refractivity (Wildman–Crippen MR) is 70.8 cm³/mol. The lowest BCUT2D eigenvalue weighted by Crippen LogP contribution is -2.18. The number of aromatic amines is 1. The van der Waals surface area contributed by atoms with Gasteiger partial charge in [-0.25, -0.2) is 4.79 Å². The summed E-state index contributed by atoms with van der Waals surface area (Å²) in [5.74, 6) is -0.346. The Kier molecular flexibility index (Phi) is 4.35. The number of nitrogens with zero attached hydrogens (tertiary/aromatic N) is 2. The molecule has 0 radical (unpaired) electrons. The van der Waals surface area contributed by atoms with Crippen LogP contribution >= 0.6 is 0 Å². The van der Waals surface area contributed by atoms with Gasteiger partial charge in [0.1, 0.15) is 5.69 Å². The summed E-state index contributed by atoms with van der Waals surface area (Å²) in [4.78, 5) is 14.3. The molecule has 2 aromatic heterocycles. The zero-order chi connectivity index (χ0) is 13.7. The molecule has 102 valence electrons. The van der Waals surface area contributed by atoms with Crippen LogP contribution in [0.4, 0.5) is 0 Å². The summed E-state index contributed by atoms with van der Waals surface area (Å²) in [5, 5.41) is 7.43. The maximum atomic E-state index is 11.3. The van der Waals surface area contributed by atoms with Crippen molar-refractivity contribution in [1.29, 1.82) is 0 Å². The molecule has 0 aliphatic heterocycles. The van der Waals surface area contributed by atoms with Gasteiger partial charge in [-0.05, 0) is 18.2 Å². The van der Waals surface area contributed by atoms with Crippen LogP contribution in [0.5, 0.6) is 0 Å². The third kappa shape index (κ3) is 3.45. The monoisotopic (exact) mass is 262 g/mol. The number of nitrogens with one attached hydrogen (secondary N) is 2. The molecule has 2 heterocycles. The molecule has 0 bridgehead atoms. The number of ether oxygens (including phenoxy) is 1. The van der Waals surface area contributed by atoms with Crippen LogP contribution in [0.3, 0.4) is 0 Å². The van der Waals surface area contributed by atoms with Gasteiger partial charge < -0.3 is 15.0 Å². The fourth-order valence-corrected chi connectivity index (χ4v) is 1.86. The lowest BCUT2D eigenvalue weighted by Gasteiger charge is -2.04. The maximum Gasteiger partial charge on any atom is 0.354 e. The average Bonchev–Trinajstić information content (AvgIpc) is 3.03. The van der Waals surface area contributed by atoms with Crippen molar-refractivity contribution < 1.29 is 9.53 Å². The number of carbonyl (C=O) groups excluding carboxylic acids is 1. The SMILES string of the molecule is COC(=O)c1ccc(CNCCc2ccnn2C)[nH]1. The van der Waals surface area contributed by atoms with E-state index in [0.717, 1.165) is 18.7 Å². The number of esters is 1. The van der Waals surface area contributed by atoms with E-state index in [4.69, 9.17) is 0 Å². The normalized spacial score (nSPS) is 10.6. The first-order valence-electron chi connectivity index (χ1n) is 6.14. The lowest BCUT2D eigenvalue weighted by molar-refractivity contribution is 0.0594. The van der Waals surface area contributed by atoms with Crippen molar-refractivity contribution in [3.63, 3.8) is 0 Å². The first-order chi connectivity index (χ1) is 9.20. The minimum atomic E-state index is -0.346. The molecule has 0 saturated carbocycles. The number of aryl methyl sites for hydroxylation is 1. The molecule has 6 nitrogen and oxygen atoms in total. The van der Waals surface area contributed by atoms with Crippen LogP contribution in [-0.2, 0) is 24.8 Å². The molecule has 0 spiro atoms. The van der Waals surface area contributed by atoms with E-state index in [1.54, 1.807) is 12.3 Å². The summed E-state index contributed by atoms with van der Waals surface area (Å²) in [6.45, 7) is 1.54. The van der Waals surface area contributed by atoms with Crippen molar-refractivity contribution in [2.24, 2.45) is 7.05 Å². The molecular formula is C13H18N4O2. The van der Waals surface area contributed by atoms with E-state index >= 15 is 0 Å². The Bertz CT molecular complexity index is 544. The summed E-state index contributed by atoms with van der Waals surface area (Å²) < 4.78 is 6.50. The number of methoxy groups -OCH3 is 1. The number of rotatable bonds is 6. The Labute approximate surface area is 111 Å². The number of aromatic nitrogens is 3. The largest absolute Gasteiger partial charge is 0.464 e. The van der Waals surface area contributed by atoms with Crippen molar-refractivity contribution in [3.8, 4) is 0 Å². The highest BCUT2D eigenvalue weighted by Gasteiger charge is 2.07. The molecule has 2 rings (SSSR count). The standard InChI is InChI=1S/C13H18N4O2/c1-17-11(6-8-15-17)5-7-14-9-10-3-4-12(16-10)13(18)19-2/h3-4,6,8,14,16H,5,7,9H2,1-2H3. The van der Waals surface area contributed by atoms with E-state index in [0.29, 0.717) is 12.2 Å². The molecule has 0 fully saturated rings. The minimum absolute atomic E-state index is 0.346. The van der Waals surface area contributed by atoms with Crippen LogP contribution < -0.4 is 5.32 Å². The minimum Gasteiger partial charge on any atom is -0.464 e. The molecule has 6 heteroatoms. The summed E-state index contributed by atoms with van der Waals surface area (Å²) in [5.41, 5.74) is 2.63.